The van der Waals surface area contributed by atoms with Gasteiger partial charge in [-0.15, -0.1) is 0 Å². The zero-order chi connectivity index (χ0) is 15.4. The van der Waals surface area contributed by atoms with E-state index in [1.165, 1.54) is 0 Å². The predicted molar refractivity (Wildman–Crippen MR) is 82.7 cm³/mol. The van der Waals surface area contributed by atoms with Crippen molar-refractivity contribution < 1.29 is 4.74 Å². The van der Waals surface area contributed by atoms with Crippen LogP contribution in [0.25, 0.3) is 0 Å². The first-order valence-corrected chi connectivity index (χ1v) is 6.78. The molecule has 1 aromatic carbocycles. The van der Waals surface area contributed by atoms with E-state index >= 15 is 0 Å². The van der Waals surface area contributed by atoms with Gasteiger partial charge in [0.2, 0.25) is 0 Å². The number of rotatable bonds is 5. The highest BCUT2D eigenvalue weighted by Gasteiger charge is 2.14. The smallest absolute Gasteiger partial charge is 0.152 e. The van der Waals surface area contributed by atoms with Crippen molar-refractivity contribution in [1.82, 2.24) is 9.78 Å². The average molecular weight is 285 g/mol. The Labute approximate surface area is 124 Å². The second-order valence-electron chi connectivity index (χ2n) is 4.72. The maximum atomic E-state index is 8.94. The van der Waals surface area contributed by atoms with E-state index in [-0.39, 0.29) is 0 Å². The van der Waals surface area contributed by atoms with Gasteiger partial charge in [0, 0.05) is 12.6 Å². The van der Waals surface area contributed by atoms with E-state index in [1.54, 1.807) is 25.3 Å². The second kappa shape index (κ2) is 6.18. The quantitative estimate of drug-likeness (QED) is 0.881. The molecule has 0 aliphatic carbocycles. The van der Waals surface area contributed by atoms with Crippen LogP contribution in [0.1, 0.15) is 24.6 Å². The summed E-state index contributed by atoms with van der Waals surface area (Å²) in [5, 5.41) is 16.6. The summed E-state index contributed by atoms with van der Waals surface area (Å²) in [5.41, 5.74) is 8.80. The number of anilines is 3. The van der Waals surface area contributed by atoms with Crippen molar-refractivity contribution >= 4 is 17.2 Å². The first-order chi connectivity index (χ1) is 10.1. The minimum absolute atomic E-state index is 0.545. The lowest BCUT2D eigenvalue weighted by Gasteiger charge is -2.13. The summed E-state index contributed by atoms with van der Waals surface area (Å²) < 4.78 is 7.17. The van der Waals surface area contributed by atoms with E-state index < -0.39 is 0 Å². The first-order valence-electron chi connectivity index (χ1n) is 6.78. The molecule has 0 bridgehead atoms. The van der Waals surface area contributed by atoms with Gasteiger partial charge in [-0.3, -0.25) is 0 Å². The number of ether oxygens (including phenoxy) is 1. The second-order valence-corrected chi connectivity index (χ2v) is 4.72. The van der Waals surface area contributed by atoms with Crippen molar-refractivity contribution in [3.05, 3.63) is 29.5 Å². The Kier molecular flexibility index (Phi) is 4.33. The van der Waals surface area contributed by atoms with Crippen molar-refractivity contribution in [1.29, 1.82) is 5.26 Å². The van der Waals surface area contributed by atoms with Gasteiger partial charge in [0.1, 0.15) is 5.75 Å². The maximum Gasteiger partial charge on any atom is 0.152 e. The van der Waals surface area contributed by atoms with Crippen molar-refractivity contribution in [2.24, 2.45) is 0 Å². The van der Waals surface area contributed by atoms with Crippen LogP contribution < -0.4 is 15.8 Å². The lowest BCUT2D eigenvalue weighted by Crippen LogP contribution is -2.06. The number of nitrogens with zero attached hydrogens (tertiary/aromatic N) is 3. The highest BCUT2D eigenvalue weighted by atomic mass is 16.5. The third-order valence-electron chi connectivity index (χ3n) is 3.19. The summed E-state index contributed by atoms with van der Waals surface area (Å²) >= 11 is 0. The van der Waals surface area contributed by atoms with Gasteiger partial charge in [0.15, 0.2) is 5.82 Å². The van der Waals surface area contributed by atoms with Crippen molar-refractivity contribution in [2.75, 3.05) is 18.2 Å². The van der Waals surface area contributed by atoms with E-state index in [1.807, 2.05) is 11.6 Å². The Morgan fingerprint density at radius 2 is 2.24 bits per heavy atom. The van der Waals surface area contributed by atoms with E-state index in [0.29, 0.717) is 17.0 Å². The number of benzene rings is 1. The van der Waals surface area contributed by atoms with Crippen LogP contribution in [0, 0.1) is 18.3 Å². The third-order valence-corrected chi connectivity index (χ3v) is 3.19. The van der Waals surface area contributed by atoms with Crippen molar-refractivity contribution in [3.63, 3.8) is 0 Å². The minimum atomic E-state index is 0.545. The Bertz CT molecular complexity index is 684. The van der Waals surface area contributed by atoms with Gasteiger partial charge in [-0.05, 0) is 25.5 Å². The molecule has 6 nitrogen and oxygen atoms in total. The molecule has 0 aliphatic heterocycles. The Balaban J connectivity index is 2.40. The summed E-state index contributed by atoms with van der Waals surface area (Å²) in [5.74, 6) is 1.34. The Hall–Kier alpha value is -2.68. The molecule has 1 aromatic heterocycles. The topological polar surface area (TPSA) is 88.9 Å². The SMILES string of the molecule is CCCn1nc(C)c(N)c1Nc1ccc(C#N)cc1OC. The molecule has 0 amide bonds. The lowest BCUT2D eigenvalue weighted by atomic mass is 10.2. The molecule has 1 heterocycles. The molecule has 0 radical (unpaired) electrons. The molecule has 21 heavy (non-hydrogen) atoms. The van der Waals surface area contributed by atoms with Gasteiger partial charge in [0.05, 0.1) is 35.8 Å². The number of nitrogens with two attached hydrogens (primary N) is 1. The molecule has 0 unspecified atom stereocenters. The number of hydrogen-bond acceptors (Lipinski definition) is 5. The highest BCUT2D eigenvalue weighted by Crippen LogP contribution is 2.32. The van der Waals surface area contributed by atoms with Gasteiger partial charge >= 0.3 is 0 Å². The Morgan fingerprint density at radius 1 is 1.48 bits per heavy atom. The lowest BCUT2D eigenvalue weighted by molar-refractivity contribution is 0.416. The number of aromatic nitrogens is 2. The third kappa shape index (κ3) is 2.92. The van der Waals surface area contributed by atoms with Crippen LogP contribution in [0.2, 0.25) is 0 Å². The summed E-state index contributed by atoms with van der Waals surface area (Å²) in [7, 11) is 1.57. The van der Waals surface area contributed by atoms with Crippen LogP contribution in [0.4, 0.5) is 17.2 Å². The van der Waals surface area contributed by atoms with E-state index in [4.69, 9.17) is 15.7 Å². The van der Waals surface area contributed by atoms with Crippen LogP contribution >= 0.6 is 0 Å². The van der Waals surface area contributed by atoms with E-state index in [2.05, 4.69) is 23.4 Å². The zero-order valence-corrected chi connectivity index (χ0v) is 12.5. The monoisotopic (exact) mass is 285 g/mol. The molecule has 110 valence electrons. The fraction of sp³-hybridized carbons (Fsp3) is 0.333. The van der Waals surface area contributed by atoms with Crippen LogP contribution in [0.5, 0.6) is 5.75 Å². The molecule has 0 atom stereocenters. The number of methoxy groups -OCH3 is 1. The molecule has 0 aliphatic rings. The summed E-state index contributed by atoms with van der Waals surface area (Å²) in [6.45, 7) is 4.74. The molecule has 0 saturated carbocycles. The number of hydrogen-bond donors (Lipinski definition) is 2. The Morgan fingerprint density at radius 3 is 2.86 bits per heavy atom. The molecule has 3 N–H and O–H groups in total. The number of nitriles is 1. The zero-order valence-electron chi connectivity index (χ0n) is 12.5. The van der Waals surface area contributed by atoms with Gasteiger partial charge in [0.25, 0.3) is 0 Å². The fourth-order valence-electron chi connectivity index (χ4n) is 2.09. The molecule has 0 saturated heterocycles. The van der Waals surface area contributed by atoms with Crippen LogP contribution in [-0.4, -0.2) is 16.9 Å². The van der Waals surface area contributed by atoms with Crippen molar-refractivity contribution in [3.8, 4) is 11.8 Å². The normalized spacial score (nSPS) is 10.2. The van der Waals surface area contributed by atoms with E-state index in [9.17, 15) is 0 Å². The van der Waals surface area contributed by atoms with Crippen LogP contribution in [0.3, 0.4) is 0 Å². The first kappa shape index (κ1) is 14.7. The molecule has 6 heteroatoms. The number of nitrogen functional groups attached to an aromatic ring is 1. The standard InChI is InChI=1S/C15H19N5O/c1-4-7-20-15(14(17)10(2)19-20)18-12-6-5-11(9-16)8-13(12)21-3/h5-6,8,18H,4,7,17H2,1-3H3. The van der Waals surface area contributed by atoms with Gasteiger partial charge < -0.3 is 15.8 Å². The van der Waals surface area contributed by atoms with Crippen LogP contribution in [0.15, 0.2) is 18.2 Å². The highest BCUT2D eigenvalue weighted by molar-refractivity contribution is 5.74. The molecule has 0 fully saturated rings. The minimum Gasteiger partial charge on any atom is -0.495 e. The van der Waals surface area contributed by atoms with Crippen LogP contribution in [-0.2, 0) is 6.54 Å². The summed E-state index contributed by atoms with van der Waals surface area (Å²) in [4.78, 5) is 0. The molecule has 2 aromatic rings. The van der Waals surface area contributed by atoms with Gasteiger partial charge in [-0.1, -0.05) is 6.92 Å². The average Bonchev–Trinajstić information content (AvgIpc) is 2.75. The largest absolute Gasteiger partial charge is 0.495 e. The predicted octanol–water partition coefficient (Wildman–Crippen LogP) is 2.81. The molecular formula is C15H19N5O. The molecule has 2 rings (SSSR count). The summed E-state index contributed by atoms with van der Waals surface area (Å²) in [6, 6.07) is 7.31. The number of nitrogens with one attached hydrogen (secondary N) is 1. The fourth-order valence-corrected chi connectivity index (χ4v) is 2.09. The van der Waals surface area contributed by atoms with Gasteiger partial charge in [-0.25, -0.2) is 4.68 Å². The van der Waals surface area contributed by atoms with E-state index in [0.717, 1.165) is 30.2 Å². The molecule has 0 spiro atoms. The van der Waals surface area contributed by atoms with Crippen molar-refractivity contribution in [2.45, 2.75) is 26.8 Å². The molecular weight excluding hydrogens is 266 g/mol. The number of aryl methyl sites for hydroxylation is 2. The summed E-state index contributed by atoms with van der Waals surface area (Å²) in [6.07, 6.45) is 0.958. The van der Waals surface area contributed by atoms with Gasteiger partial charge in [-0.2, -0.15) is 10.4 Å². The maximum absolute atomic E-state index is 8.94.